The number of carbonyl (C=O) groups is 2. The Kier molecular flexibility index (Phi) is 4.06. The number of rotatable bonds is 3. The molecule has 0 bridgehead atoms. The maximum absolute atomic E-state index is 13.6. The average Bonchev–Trinajstić information content (AvgIpc) is 2.93. The largest absolute Gasteiger partial charge is 0.322 e. The van der Waals surface area contributed by atoms with Crippen molar-refractivity contribution in [2.75, 3.05) is 16.8 Å². The SMILES string of the molecule is O=C(Nc1cccc(N2CCCC2=O)c1)c1c(F)cccc1F. The topological polar surface area (TPSA) is 49.4 Å². The molecule has 1 N–H and O–H groups in total. The van der Waals surface area contributed by atoms with E-state index in [1.54, 1.807) is 29.2 Å². The first kappa shape index (κ1) is 15.1. The second kappa shape index (κ2) is 6.16. The van der Waals surface area contributed by atoms with Crippen molar-refractivity contribution in [1.29, 1.82) is 0 Å². The van der Waals surface area contributed by atoms with Crippen molar-refractivity contribution in [3.63, 3.8) is 0 Å². The summed E-state index contributed by atoms with van der Waals surface area (Å²) in [6, 6.07) is 9.88. The standard InChI is InChI=1S/C17H14F2N2O2/c18-13-6-2-7-14(19)16(13)17(23)20-11-4-1-5-12(10-11)21-9-3-8-15(21)22/h1-2,4-7,10H,3,8-9H2,(H,20,23). The monoisotopic (exact) mass is 316 g/mol. The Labute approximate surface area is 131 Å². The fourth-order valence-electron chi connectivity index (χ4n) is 2.58. The van der Waals surface area contributed by atoms with Gasteiger partial charge in [0.1, 0.15) is 17.2 Å². The molecule has 2 aromatic carbocycles. The van der Waals surface area contributed by atoms with Gasteiger partial charge in [0.2, 0.25) is 5.91 Å². The Balaban J connectivity index is 1.83. The molecule has 1 aliphatic heterocycles. The van der Waals surface area contributed by atoms with Crippen molar-refractivity contribution in [1.82, 2.24) is 0 Å². The molecule has 0 radical (unpaired) electrons. The minimum atomic E-state index is -0.923. The summed E-state index contributed by atoms with van der Waals surface area (Å²) in [6.07, 6.45) is 1.28. The van der Waals surface area contributed by atoms with E-state index < -0.39 is 23.1 Å². The third-order valence-electron chi connectivity index (χ3n) is 3.68. The van der Waals surface area contributed by atoms with E-state index in [4.69, 9.17) is 0 Å². The number of anilines is 2. The van der Waals surface area contributed by atoms with Crippen LogP contribution in [-0.4, -0.2) is 18.4 Å². The Morgan fingerprint density at radius 2 is 1.78 bits per heavy atom. The molecule has 1 fully saturated rings. The number of nitrogens with zero attached hydrogens (tertiary/aromatic N) is 1. The molecule has 6 heteroatoms. The van der Waals surface area contributed by atoms with Crippen LogP contribution in [0.3, 0.4) is 0 Å². The summed E-state index contributed by atoms with van der Waals surface area (Å²) in [5.41, 5.74) is 0.393. The Hall–Kier alpha value is -2.76. The molecule has 3 rings (SSSR count). The van der Waals surface area contributed by atoms with E-state index >= 15 is 0 Å². The summed E-state index contributed by atoms with van der Waals surface area (Å²) in [4.78, 5) is 25.5. The van der Waals surface area contributed by atoms with Gasteiger partial charge in [0.25, 0.3) is 5.91 Å². The Bertz CT molecular complexity index is 757. The van der Waals surface area contributed by atoms with Crippen molar-refractivity contribution < 1.29 is 18.4 Å². The smallest absolute Gasteiger partial charge is 0.261 e. The van der Waals surface area contributed by atoms with E-state index in [0.29, 0.717) is 24.3 Å². The van der Waals surface area contributed by atoms with Gasteiger partial charge in [-0.1, -0.05) is 12.1 Å². The summed E-state index contributed by atoms with van der Waals surface area (Å²) < 4.78 is 27.3. The third-order valence-corrected chi connectivity index (χ3v) is 3.68. The van der Waals surface area contributed by atoms with E-state index in [1.807, 2.05) is 0 Å². The number of nitrogens with one attached hydrogen (secondary N) is 1. The predicted octanol–water partition coefficient (Wildman–Crippen LogP) is 3.34. The zero-order chi connectivity index (χ0) is 16.4. The highest BCUT2D eigenvalue weighted by Crippen LogP contribution is 2.25. The van der Waals surface area contributed by atoms with Gasteiger partial charge in [-0.15, -0.1) is 0 Å². The first-order valence-corrected chi connectivity index (χ1v) is 7.22. The molecule has 2 aromatic rings. The van der Waals surface area contributed by atoms with E-state index in [9.17, 15) is 18.4 Å². The van der Waals surface area contributed by atoms with Crippen LogP contribution < -0.4 is 10.2 Å². The van der Waals surface area contributed by atoms with E-state index in [1.165, 1.54) is 6.07 Å². The van der Waals surface area contributed by atoms with Crippen LogP contribution in [0, 0.1) is 11.6 Å². The van der Waals surface area contributed by atoms with Crippen LogP contribution in [-0.2, 0) is 4.79 Å². The van der Waals surface area contributed by atoms with E-state index in [2.05, 4.69) is 5.32 Å². The molecule has 2 amide bonds. The first-order chi connectivity index (χ1) is 11.1. The third kappa shape index (κ3) is 3.06. The molecule has 1 saturated heterocycles. The number of hydrogen-bond donors (Lipinski definition) is 1. The Morgan fingerprint density at radius 3 is 2.43 bits per heavy atom. The van der Waals surface area contributed by atoms with Gasteiger partial charge in [0.05, 0.1) is 0 Å². The van der Waals surface area contributed by atoms with Gasteiger partial charge in [-0.3, -0.25) is 9.59 Å². The molecule has 1 heterocycles. The fourth-order valence-corrected chi connectivity index (χ4v) is 2.58. The average molecular weight is 316 g/mol. The van der Waals surface area contributed by atoms with Gasteiger partial charge in [0, 0.05) is 24.3 Å². The maximum atomic E-state index is 13.6. The highest BCUT2D eigenvalue weighted by Gasteiger charge is 2.22. The molecule has 0 saturated carbocycles. The van der Waals surface area contributed by atoms with E-state index in [0.717, 1.165) is 18.6 Å². The molecule has 0 aliphatic carbocycles. The van der Waals surface area contributed by atoms with Gasteiger partial charge in [-0.05, 0) is 36.8 Å². The van der Waals surface area contributed by atoms with Crippen molar-refractivity contribution >= 4 is 23.2 Å². The molecule has 1 aliphatic rings. The molecular formula is C17H14F2N2O2. The first-order valence-electron chi connectivity index (χ1n) is 7.22. The lowest BCUT2D eigenvalue weighted by molar-refractivity contribution is -0.117. The number of benzene rings is 2. The van der Waals surface area contributed by atoms with Gasteiger partial charge in [-0.25, -0.2) is 8.78 Å². The van der Waals surface area contributed by atoms with Gasteiger partial charge >= 0.3 is 0 Å². The van der Waals surface area contributed by atoms with E-state index in [-0.39, 0.29) is 5.91 Å². The second-order valence-electron chi connectivity index (χ2n) is 5.25. The number of hydrogen-bond acceptors (Lipinski definition) is 2. The Morgan fingerprint density at radius 1 is 1.09 bits per heavy atom. The number of carbonyl (C=O) groups excluding carboxylic acids is 2. The van der Waals surface area contributed by atoms with Crippen molar-refractivity contribution in [3.8, 4) is 0 Å². The lowest BCUT2D eigenvalue weighted by Gasteiger charge is -2.17. The lowest BCUT2D eigenvalue weighted by atomic mass is 10.1. The minimum absolute atomic E-state index is 0.0219. The van der Waals surface area contributed by atoms with Gasteiger partial charge in [0.15, 0.2) is 0 Å². The molecule has 23 heavy (non-hydrogen) atoms. The van der Waals surface area contributed by atoms with Crippen molar-refractivity contribution in [3.05, 3.63) is 59.7 Å². The van der Waals surface area contributed by atoms with Gasteiger partial charge in [-0.2, -0.15) is 0 Å². The molecule has 4 nitrogen and oxygen atoms in total. The van der Waals surface area contributed by atoms with Crippen LogP contribution in [0.5, 0.6) is 0 Å². The summed E-state index contributed by atoms with van der Waals surface area (Å²) >= 11 is 0. The molecule has 0 spiro atoms. The highest BCUT2D eigenvalue weighted by molar-refractivity contribution is 6.05. The van der Waals surface area contributed by atoms with Crippen LogP contribution in [0.25, 0.3) is 0 Å². The molecular weight excluding hydrogens is 302 g/mol. The lowest BCUT2D eigenvalue weighted by Crippen LogP contribution is -2.24. The van der Waals surface area contributed by atoms with Crippen molar-refractivity contribution in [2.45, 2.75) is 12.8 Å². The fraction of sp³-hybridized carbons (Fsp3) is 0.176. The zero-order valence-corrected chi connectivity index (χ0v) is 12.2. The molecule has 118 valence electrons. The molecule has 0 unspecified atom stereocenters. The maximum Gasteiger partial charge on any atom is 0.261 e. The van der Waals surface area contributed by atoms with Crippen LogP contribution in [0.15, 0.2) is 42.5 Å². The summed E-state index contributed by atoms with van der Waals surface area (Å²) in [6.45, 7) is 0.623. The highest BCUT2D eigenvalue weighted by atomic mass is 19.1. The minimum Gasteiger partial charge on any atom is -0.322 e. The van der Waals surface area contributed by atoms with Crippen LogP contribution in [0.2, 0.25) is 0 Å². The summed E-state index contributed by atoms with van der Waals surface area (Å²) in [5.74, 6) is -2.69. The van der Waals surface area contributed by atoms with Crippen LogP contribution in [0.1, 0.15) is 23.2 Å². The molecule has 0 atom stereocenters. The summed E-state index contributed by atoms with van der Waals surface area (Å²) in [5, 5.41) is 2.46. The molecule has 0 aromatic heterocycles. The number of halogens is 2. The number of amides is 2. The normalized spacial score (nSPS) is 14.2. The quantitative estimate of drug-likeness (QED) is 0.944. The predicted molar refractivity (Wildman–Crippen MR) is 82.3 cm³/mol. The zero-order valence-electron chi connectivity index (χ0n) is 12.2. The van der Waals surface area contributed by atoms with Crippen LogP contribution in [0.4, 0.5) is 20.2 Å². The second-order valence-corrected chi connectivity index (χ2v) is 5.25. The van der Waals surface area contributed by atoms with Crippen LogP contribution >= 0.6 is 0 Å². The summed E-state index contributed by atoms with van der Waals surface area (Å²) in [7, 11) is 0. The van der Waals surface area contributed by atoms with Gasteiger partial charge < -0.3 is 10.2 Å². The van der Waals surface area contributed by atoms with Crippen molar-refractivity contribution in [2.24, 2.45) is 0 Å².